The van der Waals surface area contributed by atoms with Crippen molar-refractivity contribution >= 4 is 50.0 Å². The number of non-ortho nitro benzene ring substituents is 1. The Kier molecular flexibility index (Phi) is 6.00. The molecule has 0 saturated heterocycles. The van der Waals surface area contributed by atoms with Crippen LogP contribution in [0.5, 0.6) is 5.75 Å². The van der Waals surface area contributed by atoms with E-state index in [9.17, 15) is 19.7 Å². The fourth-order valence-corrected chi connectivity index (χ4v) is 3.34. The second kappa shape index (κ2) is 9.03. The Morgan fingerprint density at radius 3 is 2.53 bits per heavy atom. The quantitative estimate of drug-likeness (QED) is 0.210. The Balaban J connectivity index is 1.58. The van der Waals surface area contributed by atoms with E-state index in [2.05, 4.69) is 21.2 Å². The Morgan fingerprint density at radius 2 is 1.78 bits per heavy atom. The van der Waals surface area contributed by atoms with E-state index in [1.165, 1.54) is 24.3 Å². The molecule has 0 aliphatic carbocycles. The lowest BCUT2D eigenvalue weighted by atomic mass is 10.1. The van der Waals surface area contributed by atoms with E-state index >= 15 is 0 Å². The minimum absolute atomic E-state index is 0.00257. The number of furan rings is 1. The van der Waals surface area contributed by atoms with Crippen molar-refractivity contribution in [2.24, 2.45) is 0 Å². The number of nitro benzene ring substituents is 1. The summed E-state index contributed by atoms with van der Waals surface area (Å²) < 4.78 is 12.0. The summed E-state index contributed by atoms with van der Waals surface area (Å²) in [6, 6.07) is 19.2. The predicted molar refractivity (Wildman–Crippen MR) is 121 cm³/mol. The molecule has 1 N–H and O–H groups in total. The highest BCUT2D eigenvalue weighted by atomic mass is 79.9. The number of carbonyl (C=O) groups is 2. The first kappa shape index (κ1) is 21.3. The highest BCUT2D eigenvalue weighted by molar-refractivity contribution is 9.10. The van der Waals surface area contributed by atoms with Crippen molar-refractivity contribution in [3.63, 3.8) is 0 Å². The van der Waals surface area contributed by atoms with Crippen molar-refractivity contribution in [1.29, 1.82) is 0 Å². The third-order valence-corrected chi connectivity index (χ3v) is 5.10. The van der Waals surface area contributed by atoms with Crippen molar-refractivity contribution in [2.45, 2.75) is 0 Å². The molecule has 0 spiro atoms. The zero-order valence-corrected chi connectivity index (χ0v) is 18.0. The number of fused-ring (bicyclic) bond motifs is 1. The number of hydrogen-bond acceptors (Lipinski definition) is 6. The molecule has 1 aromatic heterocycles. The first-order valence-corrected chi connectivity index (χ1v) is 10.2. The van der Waals surface area contributed by atoms with Gasteiger partial charge in [-0.15, -0.1) is 0 Å². The summed E-state index contributed by atoms with van der Waals surface area (Å²) in [4.78, 5) is 36.0. The molecular formula is C23H15BrN2O6. The number of hydrogen-bond donors (Lipinski definition) is 1. The maximum Gasteiger partial charge on any atom is 0.273 e. The fraction of sp³-hybridized carbons (Fsp3) is 0.0435. The summed E-state index contributed by atoms with van der Waals surface area (Å²) >= 11 is 3.33. The zero-order valence-electron chi connectivity index (χ0n) is 16.4. The largest absolute Gasteiger partial charge is 0.484 e. The molecule has 0 bridgehead atoms. The SMILES string of the molecule is O=C(COc1cccc([N+](=O)[O-])c1)Nc1c(C(=O)c2ccc(Br)cc2)oc2ccccc12. The average Bonchev–Trinajstić information content (AvgIpc) is 3.16. The van der Waals surface area contributed by atoms with Crippen molar-refractivity contribution in [2.75, 3.05) is 11.9 Å². The number of nitrogens with one attached hydrogen (secondary N) is 1. The topological polar surface area (TPSA) is 112 Å². The highest BCUT2D eigenvalue weighted by Crippen LogP contribution is 2.32. The molecule has 3 aromatic carbocycles. The van der Waals surface area contributed by atoms with Crippen LogP contribution < -0.4 is 10.1 Å². The standard InChI is InChI=1S/C23H15BrN2O6/c24-15-10-8-14(9-11-15)22(28)23-21(18-6-1-2-7-19(18)32-23)25-20(27)13-31-17-5-3-4-16(12-17)26(29)30/h1-12H,13H2,(H,25,27). The average molecular weight is 495 g/mol. The number of nitro groups is 1. The molecular weight excluding hydrogens is 480 g/mol. The first-order valence-electron chi connectivity index (χ1n) is 9.41. The van der Waals surface area contributed by atoms with E-state index in [0.29, 0.717) is 16.5 Å². The smallest absolute Gasteiger partial charge is 0.273 e. The van der Waals surface area contributed by atoms with Gasteiger partial charge in [0.1, 0.15) is 11.3 Å². The molecule has 0 aliphatic heterocycles. The van der Waals surface area contributed by atoms with Gasteiger partial charge < -0.3 is 14.5 Å². The number of ether oxygens (including phenoxy) is 1. The first-order chi connectivity index (χ1) is 15.4. The number of carbonyl (C=O) groups excluding carboxylic acids is 2. The van der Waals surface area contributed by atoms with Gasteiger partial charge in [-0.25, -0.2) is 0 Å². The molecule has 0 radical (unpaired) electrons. The molecule has 4 aromatic rings. The van der Waals surface area contributed by atoms with Crippen LogP contribution in [-0.4, -0.2) is 23.2 Å². The Bertz CT molecular complexity index is 1330. The summed E-state index contributed by atoms with van der Waals surface area (Å²) in [5.74, 6) is -0.758. The Morgan fingerprint density at radius 1 is 1.03 bits per heavy atom. The second-order valence-electron chi connectivity index (χ2n) is 6.73. The zero-order chi connectivity index (χ0) is 22.7. The van der Waals surface area contributed by atoms with Crippen LogP contribution in [0.15, 0.2) is 81.7 Å². The summed E-state index contributed by atoms with van der Waals surface area (Å²) in [5.41, 5.74) is 0.936. The molecule has 160 valence electrons. The maximum absolute atomic E-state index is 13.1. The van der Waals surface area contributed by atoms with Crippen LogP contribution >= 0.6 is 15.9 Å². The van der Waals surface area contributed by atoms with Crippen LogP contribution in [0.4, 0.5) is 11.4 Å². The Labute approximate surface area is 190 Å². The Hall–Kier alpha value is -3.98. The van der Waals surface area contributed by atoms with Crippen LogP contribution in [0.3, 0.4) is 0 Å². The van der Waals surface area contributed by atoms with Gasteiger partial charge in [0.05, 0.1) is 16.7 Å². The molecule has 1 heterocycles. The number of benzene rings is 3. The molecule has 8 nitrogen and oxygen atoms in total. The van der Waals surface area contributed by atoms with Crippen molar-refractivity contribution in [3.05, 3.63) is 98.7 Å². The molecule has 0 fully saturated rings. The minimum Gasteiger partial charge on any atom is -0.484 e. The van der Waals surface area contributed by atoms with Crippen LogP contribution in [-0.2, 0) is 4.79 Å². The van der Waals surface area contributed by atoms with Crippen LogP contribution in [0.2, 0.25) is 0 Å². The predicted octanol–water partition coefficient (Wildman–Crippen LogP) is 5.35. The monoisotopic (exact) mass is 494 g/mol. The number of rotatable bonds is 7. The van der Waals surface area contributed by atoms with E-state index in [1.54, 1.807) is 48.5 Å². The van der Waals surface area contributed by atoms with Gasteiger partial charge in [0.15, 0.2) is 12.4 Å². The van der Waals surface area contributed by atoms with Gasteiger partial charge in [-0.1, -0.05) is 34.1 Å². The molecule has 1 amide bonds. The normalized spacial score (nSPS) is 10.7. The van der Waals surface area contributed by atoms with E-state index < -0.39 is 17.4 Å². The van der Waals surface area contributed by atoms with Crippen LogP contribution in [0.1, 0.15) is 16.1 Å². The minimum atomic E-state index is -0.551. The van der Waals surface area contributed by atoms with Gasteiger partial charge in [-0.2, -0.15) is 0 Å². The van der Waals surface area contributed by atoms with Crippen molar-refractivity contribution in [3.8, 4) is 5.75 Å². The van der Waals surface area contributed by atoms with E-state index in [0.717, 1.165) is 4.47 Å². The van der Waals surface area contributed by atoms with Crippen molar-refractivity contribution in [1.82, 2.24) is 0 Å². The number of ketones is 1. The molecule has 4 rings (SSSR count). The highest BCUT2D eigenvalue weighted by Gasteiger charge is 2.23. The summed E-state index contributed by atoms with van der Waals surface area (Å²) in [6.07, 6.45) is 0. The lowest BCUT2D eigenvalue weighted by Gasteiger charge is -2.08. The lowest BCUT2D eigenvalue weighted by Crippen LogP contribution is -2.21. The van der Waals surface area contributed by atoms with Gasteiger partial charge in [0.2, 0.25) is 5.78 Å². The van der Waals surface area contributed by atoms with Gasteiger partial charge in [-0.3, -0.25) is 19.7 Å². The molecule has 0 atom stereocenters. The summed E-state index contributed by atoms with van der Waals surface area (Å²) in [6.45, 7) is -0.410. The number of amides is 1. The molecule has 0 aliphatic rings. The van der Waals surface area contributed by atoms with Crippen LogP contribution in [0, 0.1) is 10.1 Å². The number of anilines is 1. The van der Waals surface area contributed by atoms with E-state index in [4.69, 9.17) is 9.15 Å². The fourth-order valence-electron chi connectivity index (χ4n) is 3.07. The van der Waals surface area contributed by atoms with Gasteiger partial charge in [-0.05, 0) is 42.5 Å². The molecule has 32 heavy (non-hydrogen) atoms. The van der Waals surface area contributed by atoms with Gasteiger partial charge in [0.25, 0.3) is 11.6 Å². The summed E-state index contributed by atoms with van der Waals surface area (Å²) in [7, 11) is 0. The molecule has 0 unspecified atom stereocenters. The number of para-hydroxylation sites is 1. The van der Waals surface area contributed by atoms with Gasteiger partial charge >= 0.3 is 0 Å². The van der Waals surface area contributed by atoms with Crippen molar-refractivity contribution < 1.29 is 23.7 Å². The van der Waals surface area contributed by atoms with E-state index in [1.807, 2.05) is 0 Å². The number of halogens is 1. The molecule has 9 heteroatoms. The van der Waals surface area contributed by atoms with E-state index in [-0.39, 0.29) is 28.7 Å². The van der Waals surface area contributed by atoms with Crippen LogP contribution in [0.25, 0.3) is 11.0 Å². The third-order valence-electron chi connectivity index (χ3n) is 4.57. The summed E-state index contributed by atoms with van der Waals surface area (Å²) in [5, 5.41) is 14.1. The third kappa shape index (κ3) is 4.52. The van der Waals surface area contributed by atoms with Gasteiger partial charge in [0, 0.05) is 21.5 Å². The number of nitrogens with zero attached hydrogens (tertiary/aromatic N) is 1. The molecule has 0 saturated carbocycles. The maximum atomic E-state index is 13.1. The second-order valence-corrected chi connectivity index (χ2v) is 7.65. The lowest BCUT2D eigenvalue weighted by molar-refractivity contribution is -0.384.